The van der Waals surface area contributed by atoms with Crippen molar-refractivity contribution in [2.45, 2.75) is 32.9 Å². The number of hydrogen-bond acceptors (Lipinski definition) is 4. The zero-order valence-corrected chi connectivity index (χ0v) is 10.8. The van der Waals surface area contributed by atoms with Crippen molar-refractivity contribution < 1.29 is 0 Å². The molecule has 0 radical (unpaired) electrons. The van der Waals surface area contributed by atoms with E-state index in [9.17, 15) is 0 Å². The normalized spacial score (nSPS) is 12.2. The van der Waals surface area contributed by atoms with Gasteiger partial charge < -0.3 is 5.32 Å². The quantitative estimate of drug-likeness (QED) is 0.817. The number of anilines is 1. The van der Waals surface area contributed by atoms with Crippen LogP contribution >= 0.6 is 0 Å². The molecule has 0 aliphatic heterocycles. The number of aromatic nitrogens is 1. The standard InChI is InChI=1S/C13H20N4/c1-4-15-13-12(6-5-9-16-13)10-17(3)11(2)7-8-14/h5-6,9,11H,4,7,10H2,1-3H3,(H,15,16). The lowest BCUT2D eigenvalue weighted by Gasteiger charge is -2.23. The van der Waals surface area contributed by atoms with Gasteiger partial charge in [-0.25, -0.2) is 4.98 Å². The summed E-state index contributed by atoms with van der Waals surface area (Å²) in [6.45, 7) is 5.79. The Labute approximate surface area is 103 Å². The Balaban J connectivity index is 2.70. The minimum Gasteiger partial charge on any atom is -0.370 e. The van der Waals surface area contributed by atoms with Crippen molar-refractivity contribution in [3.05, 3.63) is 23.9 Å². The fourth-order valence-electron chi connectivity index (χ4n) is 1.61. The van der Waals surface area contributed by atoms with E-state index in [2.05, 4.69) is 41.2 Å². The van der Waals surface area contributed by atoms with Crippen molar-refractivity contribution in [3.8, 4) is 6.07 Å². The van der Waals surface area contributed by atoms with Gasteiger partial charge in [-0.05, 0) is 27.0 Å². The Kier molecular flexibility index (Phi) is 5.44. The Morgan fingerprint density at radius 1 is 1.59 bits per heavy atom. The molecule has 92 valence electrons. The molecule has 1 heterocycles. The van der Waals surface area contributed by atoms with Crippen LogP contribution in [0.3, 0.4) is 0 Å². The summed E-state index contributed by atoms with van der Waals surface area (Å²) in [4.78, 5) is 6.49. The van der Waals surface area contributed by atoms with E-state index in [1.54, 1.807) is 6.20 Å². The highest BCUT2D eigenvalue weighted by atomic mass is 15.1. The van der Waals surface area contributed by atoms with Crippen LogP contribution in [0.15, 0.2) is 18.3 Å². The molecular weight excluding hydrogens is 212 g/mol. The maximum absolute atomic E-state index is 8.69. The largest absolute Gasteiger partial charge is 0.370 e. The van der Waals surface area contributed by atoms with Gasteiger partial charge in [0.05, 0.1) is 12.5 Å². The molecule has 1 rings (SSSR count). The Hall–Kier alpha value is -1.60. The molecule has 17 heavy (non-hydrogen) atoms. The van der Waals surface area contributed by atoms with Crippen LogP contribution in [-0.4, -0.2) is 29.5 Å². The van der Waals surface area contributed by atoms with Crippen LogP contribution in [0.4, 0.5) is 5.82 Å². The molecule has 0 fully saturated rings. The van der Waals surface area contributed by atoms with Crippen LogP contribution in [0.1, 0.15) is 25.8 Å². The molecule has 0 bridgehead atoms. The second-order valence-corrected chi connectivity index (χ2v) is 4.17. The fraction of sp³-hybridized carbons (Fsp3) is 0.538. The molecule has 0 aromatic carbocycles. The van der Waals surface area contributed by atoms with Crippen LogP contribution in [0, 0.1) is 11.3 Å². The summed E-state index contributed by atoms with van der Waals surface area (Å²) in [6, 6.07) is 6.47. The van der Waals surface area contributed by atoms with Crippen molar-refractivity contribution >= 4 is 5.82 Å². The summed E-state index contributed by atoms with van der Waals surface area (Å²) in [5.41, 5.74) is 1.17. The van der Waals surface area contributed by atoms with Crippen LogP contribution in [0.2, 0.25) is 0 Å². The third-order valence-corrected chi connectivity index (χ3v) is 2.79. The minimum absolute atomic E-state index is 0.259. The minimum atomic E-state index is 0.259. The predicted molar refractivity (Wildman–Crippen MR) is 69.6 cm³/mol. The highest BCUT2D eigenvalue weighted by Crippen LogP contribution is 2.15. The van der Waals surface area contributed by atoms with Crippen molar-refractivity contribution in [2.75, 3.05) is 18.9 Å². The lowest BCUT2D eigenvalue weighted by atomic mass is 10.2. The van der Waals surface area contributed by atoms with Gasteiger partial charge >= 0.3 is 0 Å². The molecule has 1 unspecified atom stereocenters. The molecule has 4 nitrogen and oxygen atoms in total. The van der Waals surface area contributed by atoms with Gasteiger partial charge in [0.2, 0.25) is 0 Å². The van der Waals surface area contributed by atoms with Gasteiger partial charge in [-0.3, -0.25) is 4.90 Å². The first-order valence-corrected chi connectivity index (χ1v) is 5.94. The summed E-state index contributed by atoms with van der Waals surface area (Å²) in [6.07, 6.45) is 2.34. The van der Waals surface area contributed by atoms with Gasteiger partial charge in [0, 0.05) is 30.9 Å². The Morgan fingerprint density at radius 2 is 2.35 bits per heavy atom. The molecule has 1 atom stereocenters. The van der Waals surface area contributed by atoms with Crippen LogP contribution in [0.5, 0.6) is 0 Å². The van der Waals surface area contributed by atoms with E-state index in [1.807, 2.05) is 13.1 Å². The highest BCUT2D eigenvalue weighted by molar-refractivity contribution is 5.43. The van der Waals surface area contributed by atoms with Crippen LogP contribution in [-0.2, 0) is 6.54 Å². The fourth-order valence-corrected chi connectivity index (χ4v) is 1.61. The van der Waals surface area contributed by atoms with Gasteiger partial charge in [0.25, 0.3) is 0 Å². The topological polar surface area (TPSA) is 52.0 Å². The van der Waals surface area contributed by atoms with Gasteiger partial charge in [-0.15, -0.1) is 0 Å². The number of nitrogens with zero attached hydrogens (tertiary/aromatic N) is 3. The van der Waals surface area contributed by atoms with Gasteiger partial charge in [0.15, 0.2) is 0 Å². The van der Waals surface area contributed by atoms with E-state index in [1.165, 1.54) is 5.56 Å². The van der Waals surface area contributed by atoms with Gasteiger partial charge in [0.1, 0.15) is 5.82 Å². The summed E-state index contributed by atoms with van der Waals surface area (Å²) in [7, 11) is 2.03. The lowest BCUT2D eigenvalue weighted by Crippen LogP contribution is -2.28. The third-order valence-electron chi connectivity index (χ3n) is 2.79. The lowest BCUT2D eigenvalue weighted by molar-refractivity contribution is 0.252. The molecule has 4 heteroatoms. The zero-order chi connectivity index (χ0) is 12.7. The van der Waals surface area contributed by atoms with E-state index < -0.39 is 0 Å². The third kappa shape index (κ3) is 4.04. The molecule has 0 aliphatic rings. The van der Waals surface area contributed by atoms with E-state index in [0.29, 0.717) is 6.42 Å². The molecule has 1 N–H and O–H groups in total. The zero-order valence-electron chi connectivity index (χ0n) is 10.8. The molecule has 0 saturated carbocycles. The highest BCUT2D eigenvalue weighted by Gasteiger charge is 2.11. The van der Waals surface area contributed by atoms with Crippen LogP contribution < -0.4 is 5.32 Å². The number of rotatable bonds is 6. The number of nitrogens with one attached hydrogen (secondary N) is 1. The smallest absolute Gasteiger partial charge is 0.130 e. The maximum Gasteiger partial charge on any atom is 0.130 e. The first-order chi connectivity index (χ1) is 8.19. The number of pyridine rings is 1. The van der Waals surface area contributed by atoms with Crippen molar-refractivity contribution in [2.24, 2.45) is 0 Å². The van der Waals surface area contributed by atoms with Crippen molar-refractivity contribution in [1.29, 1.82) is 5.26 Å². The Morgan fingerprint density at radius 3 is 3.00 bits per heavy atom. The molecule has 0 amide bonds. The molecule has 0 saturated heterocycles. The summed E-state index contributed by atoms with van der Waals surface area (Å²) >= 11 is 0. The molecule has 1 aromatic heterocycles. The van der Waals surface area contributed by atoms with E-state index >= 15 is 0 Å². The van der Waals surface area contributed by atoms with Gasteiger partial charge in [-0.2, -0.15) is 5.26 Å². The Bertz CT molecular complexity index is 383. The average molecular weight is 232 g/mol. The van der Waals surface area contributed by atoms with Crippen molar-refractivity contribution in [3.63, 3.8) is 0 Å². The van der Waals surface area contributed by atoms with Crippen molar-refractivity contribution in [1.82, 2.24) is 9.88 Å². The second kappa shape index (κ2) is 6.87. The number of nitriles is 1. The molecule has 0 spiro atoms. The summed E-state index contributed by atoms with van der Waals surface area (Å²) in [5, 5.41) is 11.9. The summed E-state index contributed by atoms with van der Waals surface area (Å²) in [5.74, 6) is 0.936. The maximum atomic E-state index is 8.69. The van der Waals surface area contributed by atoms with Gasteiger partial charge in [-0.1, -0.05) is 6.07 Å². The van der Waals surface area contributed by atoms with Crippen LogP contribution in [0.25, 0.3) is 0 Å². The monoisotopic (exact) mass is 232 g/mol. The van der Waals surface area contributed by atoms with E-state index in [4.69, 9.17) is 5.26 Å². The first kappa shape index (κ1) is 13.5. The SMILES string of the molecule is CCNc1ncccc1CN(C)C(C)CC#N. The molecular formula is C13H20N4. The average Bonchev–Trinajstić information content (AvgIpc) is 2.32. The van der Waals surface area contributed by atoms with E-state index in [0.717, 1.165) is 18.9 Å². The summed E-state index contributed by atoms with van der Waals surface area (Å²) < 4.78 is 0. The van der Waals surface area contributed by atoms with E-state index in [-0.39, 0.29) is 6.04 Å². The number of hydrogen-bond donors (Lipinski definition) is 1. The predicted octanol–water partition coefficient (Wildman–Crippen LogP) is 2.25. The second-order valence-electron chi connectivity index (χ2n) is 4.17. The molecule has 1 aromatic rings. The molecule has 0 aliphatic carbocycles. The first-order valence-electron chi connectivity index (χ1n) is 5.94.